The van der Waals surface area contributed by atoms with Crippen LogP contribution in [0.5, 0.6) is 0 Å². The normalized spacial score (nSPS) is 14.8. The molecule has 0 aliphatic carbocycles. The van der Waals surface area contributed by atoms with Crippen molar-refractivity contribution >= 4 is 22.6 Å². The van der Waals surface area contributed by atoms with Gasteiger partial charge in [0.05, 0.1) is 6.42 Å². The Balaban J connectivity index is 0.00000108. The molecule has 80 valence electrons. The average Bonchev–Trinajstić information content (AvgIpc) is 2.27. The lowest BCUT2D eigenvalue weighted by Gasteiger charge is -2.15. The largest absolute Gasteiger partial charge is 0.292 e. The van der Waals surface area contributed by atoms with Crippen LogP contribution in [-0.2, 0) is 11.2 Å². The van der Waals surface area contributed by atoms with Gasteiger partial charge in [0.1, 0.15) is 0 Å². The van der Waals surface area contributed by atoms with Crippen molar-refractivity contribution in [3.63, 3.8) is 0 Å². The smallest absolute Gasteiger partial charge is 0.258 e. The molecular formula is C13H11NO2. The maximum Gasteiger partial charge on any atom is 0.258 e. The van der Waals surface area contributed by atoms with Crippen molar-refractivity contribution in [3.8, 4) is 0 Å². The van der Waals surface area contributed by atoms with E-state index < -0.39 is 0 Å². The number of carbonyl (C=O) groups is 2. The summed E-state index contributed by atoms with van der Waals surface area (Å²) < 4.78 is 0. The van der Waals surface area contributed by atoms with Gasteiger partial charge in [-0.05, 0) is 28.5 Å². The molecule has 0 saturated carbocycles. The van der Waals surface area contributed by atoms with Gasteiger partial charge < -0.3 is 0 Å². The van der Waals surface area contributed by atoms with Crippen LogP contribution in [0, 0.1) is 0 Å². The number of imide groups is 1. The molecule has 0 fully saturated rings. The van der Waals surface area contributed by atoms with Crippen LogP contribution in [0.25, 0.3) is 10.8 Å². The van der Waals surface area contributed by atoms with E-state index in [0.717, 1.165) is 16.3 Å². The van der Waals surface area contributed by atoms with E-state index in [0.29, 0.717) is 5.56 Å². The summed E-state index contributed by atoms with van der Waals surface area (Å²) in [6.07, 6.45) is 0.284. The van der Waals surface area contributed by atoms with Crippen LogP contribution in [-0.4, -0.2) is 11.8 Å². The Morgan fingerprint density at radius 2 is 1.75 bits per heavy atom. The Labute approximate surface area is 93.6 Å². The molecule has 3 heteroatoms. The van der Waals surface area contributed by atoms with Gasteiger partial charge in [-0.3, -0.25) is 14.9 Å². The van der Waals surface area contributed by atoms with Crippen LogP contribution in [0.2, 0.25) is 0 Å². The van der Waals surface area contributed by atoms with Gasteiger partial charge in [0.25, 0.3) is 5.91 Å². The molecule has 0 radical (unpaired) electrons. The van der Waals surface area contributed by atoms with Crippen molar-refractivity contribution < 1.29 is 11.0 Å². The molecule has 0 saturated heterocycles. The van der Waals surface area contributed by atoms with Gasteiger partial charge in [-0.25, -0.2) is 0 Å². The SMILES string of the molecule is O=C1Cc2cc3ccccc3cc2C(=O)N1.[HH]. The van der Waals surface area contributed by atoms with Crippen molar-refractivity contribution in [1.82, 2.24) is 5.32 Å². The standard InChI is InChI=1S/C13H9NO2.H2/c15-12-7-10-5-8-3-1-2-4-9(8)6-11(10)13(16)14-12;/h1-6H,7H2,(H,14,15,16);1H. The molecule has 0 aromatic heterocycles. The first kappa shape index (κ1) is 9.09. The van der Waals surface area contributed by atoms with Crippen LogP contribution in [0.1, 0.15) is 17.3 Å². The van der Waals surface area contributed by atoms with Gasteiger partial charge in [0.2, 0.25) is 5.91 Å². The van der Waals surface area contributed by atoms with Crippen molar-refractivity contribution in [1.29, 1.82) is 0 Å². The van der Waals surface area contributed by atoms with E-state index in [2.05, 4.69) is 5.32 Å². The highest BCUT2D eigenvalue weighted by Crippen LogP contribution is 2.22. The third-order valence-electron chi connectivity index (χ3n) is 2.82. The van der Waals surface area contributed by atoms with Crippen molar-refractivity contribution in [2.24, 2.45) is 0 Å². The Morgan fingerprint density at radius 3 is 2.50 bits per heavy atom. The molecular weight excluding hydrogens is 202 g/mol. The zero-order valence-corrected chi connectivity index (χ0v) is 8.49. The van der Waals surface area contributed by atoms with E-state index in [1.165, 1.54) is 0 Å². The first-order chi connectivity index (χ1) is 7.74. The Kier molecular flexibility index (Phi) is 1.80. The highest BCUT2D eigenvalue weighted by molar-refractivity contribution is 6.11. The molecule has 2 aromatic carbocycles. The zero-order chi connectivity index (χ0) is 11.1. The predicted molar refractivity (Wildman–Crippen MR) is 62.2 cm³/mol. The van der Waals surface area contributed by atoms with Crippen LogP contribution in [0.3, 0.4) is 0 Å². The lowest BCUT2D eigenvalue weighted by Crippen LogP contribution is -2.37. The van der Waals surface area contributed by atoms with Gasteiger partial charge in [-0.2, -0.15) is 0 Å². The molecule has 3 nitrogen and oxygen atoms in total. The molecule has 1 heterocycles. The summed E-state index contributed by atoms with van der Waals surface area (Å²) in [5.41, 5.74) is 1.42. The number of amides is 2. The number of carbonyl (C=O) groups excluding carboxylic acids is 2. The molecule has 0 bridgehead atoms. The lowest BCUT2D eigenvalue weighted by atomic mass is 9.96. The minimum Gasteiger partial charge on any atom is -0.292 e. The van der Waals surface area contributed by atoms with Gasteiger partial charge >= 0.3 is 0 Å². The summed E-state index contributed by atoms with van der Waals surface area (Å²) in [6, 6.07) is 11.6. The maximum absolute atomic E-state index is 11.6. The third kappa shape index (κ3) is 1.29. The second-order valence-electron chi connectivity index (χ2n) is 3.91. The van der Waals surface area contributed by atoms with Gasteiger partial charge in [0.15, 0.2) is 0 Å². The second-order valence-corrected chi connectivity index (χ2v) is 3.91. The molecule has 2 aromatic rings. The molecule has 0 spiro atoms. The fraction of sp³-hybridized carbons (Fsp3) is 0.0769. The second kappa shape index (κ2) is 3.17. The Bertz CT molecular complexity index is 622. The molecule has 1 aliphatic heterocycles. The Morgan fingerprint density at radius 1 is 1.06 bits per heavy atom. The van der Waals surface area contributed by atoms with Crippen LogP contribution < -0.4 is 5.32 Å². The predicted octanol–water partition coefficient (Wildman–Crippen LogP) is 1.90. The fourth-order valence-corrected chi connectivity index (χ4v) is 2.06. The quantitative estimate of drug-likeness (QED) is 0.679. The zero-order valence-electron chi connectivity index (χ0n) is 8.49. The molecule has 0 unspecified atom stereocenters. The van der Waals surface area contributed by atoms with Crippen LogP contribution >= 0.6 is 0 Å². The van der Waals surface area contributed by atoms with E-state index in [1.54, 1.807) is 0 Å². The monoisotopic (exact) mass is 213 g/mol. The Hall–Kier alpha value is -2.16. The fourth-order valence-electron chi connectivity index (χ4n) is 2.06. The van der Waals surface area contributed by atoms with E-state index in [1.807, 2.05) is 36.4 Å². The first-order valence-corrected chi connectivity index (χ1v) is 5.10. The van der Waals surface area contributed by atoms with Crippen LogP contribution in [0.15, 0.2) is 36.4 Å². The van der Waals surface area contributed by atoms with E-state index >= 15 is 0 Å². The summed E-state index contributed by atoms with van der Waals surface area (Å²) >= 11 is 0. The summed E-state index contributed by atoms with van der Waals surface area (Å²) in [4.78, 5) is 22.8. The first-order valence-electron chi connectivity index (χ1n) is 5.10. The van der Waals surface area contributed by atoms with E-state index in [4.69, 9.17) is 0 Å². The third-order valence-corrected chi connectivity index (χ3v) is 2.82. The molecule has 16 heavy (non-hydrogen) atoms. The number of rotatable bonds is 0. The van der Waals surface area contributed by atoms with Crippen LogP contribution in [0.4, 0.5) is 0 Å². The summed E-state index contributed by atoms with van der Waals surface area (Å²) in [6.45, 7) is 0. The highest BCUT2D eigenvalue weighted by Gasteiger charge is 2.22. The lowest BCUT2D eigenvalue weighted by molar-refractivity contribution is -0.119. The number of benzene rings is 2. The minimum absolute atomic E-state index is 0. The minimum atomic E-state index is -0.294. The van der Waals surface area contributed by atoms with Crippen molar-refractivity contribution in [2.45, 2.75) is 6.42 Å². The van der Waals surface area contributed by atoms with Gasteiger partial charge in [0, 0.05) is 6.99 Å². The number of hydrogen-bond donors (Lipinski definition) is 1. The van der Waals surface area contributed by atoms with E-state index in [9.17, 15) is 9.59 Å². The topological polar surface area (TPSA) is 46.2 Å². The maximum atomic E-state index is 11.6. The molecule has 2 amide bonds. The summed E-state index contributed by atoms with van der Waals surface area (Å²) in [5, 5.41) is 4.40. The average molecular weight is 213 g/mol. The number of fused-ring (bicyclic) bond motifs is 2. The summed E-state index contributed by atoms with van der Waals surface area (Å²) in [5.74, 6) is -0.523. The van der Waals surface area contributed by atoms with Crippen molar-refractivity contribution in [2.75, 3.05) is 0 Å². The highest BCUT2D eigenvalue weighted by atomic mass is 16.2. The molecule has 3 rings (SSSR count). The van der Waals surface area contributed by atoms with Crippen molar-refractivity contribution in [3.05, 3.63) is 47.5 Å². The molecule has 1 N–H and O–H groups in total. The molecule has 1 aliphatic rings. The number of hydrogen-bond acceptors (Lipinski definition) is 2. The summed E-state index contributed by atoms with van der Waals surface area (Å²) in [7, 11) is 0. The molecule has 0 atom stereocenters. The number of nitrogens with one attached hydrogen (secondary N) is 1. The van der Waals surface area contributed by atoms with E-state index in [-0.39, 0.29) is 19.7 Å². The van der Waals surface area contributed by atoms with Gasteiger partial charge in [-0.15, -0.1) is 0 Å². The van der Waals surface area contributed by atoms with Gasteiger partial charge in [-0.1, -0.05) is 24.3 Å².